The Labute approximate surface area is 143 Å². The highest BCUT2D eigenvalue weighted by atomic mass is 79.9. The maximum absolute atomic E-state index is 6.34. The van der Waals surface area contributed by atoms with Crippen molar-refractivity contribution in [2.24, 2.45) is 0 Å². The minimum absolute atomic E-state index is 0.121. The quantitative estimate of drug-likeness (QED) is 0.615. The zero-order valence-corrected chi connectivity index (χ0v) is 15.0. The molecule has 2 rings (SSSR count). The number of halogens is 3. The molecular formula is C16H15BrCl2O2. The number of alkyl halides is 1. The fraction of sp³-hybridized carbons (Fsp3) is 0.250. The first-order valence-corrected chi connectivity index (χ1v) is 7.97. The summed E-state index contributed by atoms with van der Waals surface area (Å²) in [7, 11) is 3.16. The van der Waals surface area contributed by atoms with E-state index < -0.39 is 0 Å². The van der Waals surface area contributed by atoms with Gasteiger partial charge in [-0.3, -0.25) is 0 Å². The lowest BCUT2D eigenvalue weighted by atomic mass is 10.0. The Balaban J connectivity index is 2.52. The third kappa shape index (κ3) is 3.31. The summed E-state index contributed by atoms with van der Waals surface area (Å²) in [5.74, 6) is 1.15. The van der Waals surface area contributed by atoms with Gasteiger partial charge in [-0.25, -0.2) is 0 Å². The van der Waals surface area contributed by atoms with Gasteiger partial charge < -0.3 is 9.47 Å². The smallest absolute Gasteiger partial charge is 0.145 e. The summed E-state index contributed by atoms with van der Waals surface area (Å²) < 4.78 is 10.7. The second kappa shape index (κ2) is 6.91. The van der Waals surface area contributed by atoms with Crippen molar-refractivity contribution in [3.8, 4) is 11.5 Å². The number of rotatable bonds is 4. The largest absolute Gasteiger partial charge is 0.495 e. The molecule has 0 bridgehead atoms. The molecule has 0 aliphatic heterocycles. The topological polar surface area (TPSA) is 18.5 Å². The number of hydrogen-bond donors (Lipinski definition) is 0. The van der Waals surface area contributed by atoms with Crippen LogP contribution in [0.5, 0.6) is 11.5 Å². The van der Waals surface area contributed by atoms with Gasteiger partial charge in [-0.1, -0.05) is 57.3 Å². The van der Waals surface area contributed by atoms with Crippen molar-refractivity contribution >= 4 is 39.1 Å². The van der Waals surface area contributed by atoms with Crippen LogP contribution < -0.4 is 9.47 Å². The summed E-state index contributed by atoms with van der Waals surface area (Å²) in [6.45, 7) is 2.00. The second-order valence-corrected chi connectivity index (χ2v) is 6.29. The second-order valence-electron chi connectivity index (χ2n) is 4.59. The molecule has 2 aromatic rings. The van der Waals surface area contributed by atoms with Gasteiger partial charge in [-0.15, -0.1) is 0 Å². The Morgan fingerprint density at radius 2 is 1.67 bits per heavy atom. The van der Waals surface area contributed by atoms with Crippen molar-refractivity contribution in [1.82, 2.24) is 0 Å². The zero-order chi connectivity index (χ0) is 15.6. The summed E-state index contributed by atoms with van der Waals surface area (Å²) in [6.07, 6.45) is 0. The summed E-state index contributed by atoms with van der Waals surface area (Å²) >= 11 is 16.3. The normalized spacial score (nSPS) is 12.1. The highest BCUT2D eigenvalue weighted by Crippen LogP contribution is 2.45. The maximum Gasteiger partial charge on any atom is 0.145 e. The number of benzene rings is 2. The van der Waals surface area contributed by atoms with Crippen LogP contribution in [0, 0.1) is 6.92 Å². The molecule has 2 aromatic carbocycles. The predicted molar refractivity (Wildman–Crippen MR) is 91.5 cm³/mol. The number of aryl methyl sites for hydroxylation is 1. The SMILES string of the molecule is COc1ccc(C(Br)c2ccc(C)cc2Cl)c(OC)c1Cl. The average molecular weight is 390 g/mol. The molecule has 112 valence electrons. The van der Waals surface area contributed by atoms with E-state index in [0.717, 1.165) is 16.7 Å². The molecule has 0 amide bonds. The van der Waals surface area contributed by atoms with Gasteiger partial charge >= 0.3 is 0 Å². The molecular weight excluding hydrogens is 375 g/mol. The number of ether oxygens (including phenoxy) is 2. The number of hydrogen-bond acceptors (Lipinski definition) is 2. The third-order valence-corrected chi connectivity index (χ3v) is 4.89. The molecule has 0 radical (unpaired) electrons. The lowest BCUT2D eigenvalue weighted by Gasteiger charge is -2.18. The van der Waals surface area contributed by atoms with E-state index in [1.807, 2.05) is 37.3 Å². The highest BCUT2D eigenvalue weighted by Gasteiger charge is 2.21. The Morgan fingerprint density at radius 1 is 1.00 bits per heavy atom. The Morgan fingerprint density at radius 3 is 2.24 bits per heavy atom. The van der Waals surface area contributed by atoms with E-state index in [9.17, 15) is 0 Å². The fourth-order valence-corrected chi connectivity index (χ4v) is 3.69. The van der Waals surface area contributed by atoms with Gasteiger partial charge in [0.05, 0.1) is 19.0 Å². The molecule has 2 nitrogen and oxygen atoms in total. The van der Waals surface area contributed by atoms with Crippen molar-refractivity contribution in [1.29, 1.82) is 0 Å². The zero-order valence-electron chi connectivity index (χ0n) is 11.9. The van der Waals surface area contributed by atoms with Crippen molar-refractivity contribution in [3.05, 3.63) is 57.1 Å². The van der Waals surface area contributed by atoms with Crippen molar-refractivity contribution in [2.45, 2.75) is 11.8 Å². The van der Waals surface area contributed by atoms with Crippen molar-refractivity contribution < 1.29 is 9.47 Å². The first-order valence-electron chi connectivity index (χ1n) is 6.30. The minimum atomic E-state index is -0.121. The van der Waals surface area contributed by atoms with E-state index in [4.69, 9.17) is 32.7 Å². The van der Waals surface area contributed by atoms with Crippen LogP contribution in [0.1, 0.15) is 21.5 Å². The van der Waals surface area contributed by atoms with E-state index in [0.29, 0.717) is 21.5 Å². The lowest BCUT2D eigenvalue weighted by molar-refractivity contribution is 0.392. The van der Waals surface area contributed by atoms with Crippen LogP contribution in [-0.2, 0) is 0 Å². The van der Waals surface area contributed by atoms with E-state index >= 15 is 0 Å². The molecule has 1 atom stereocenters. The van der Waals surface area contributed by atoms with Crippen LogP contribution in [0.15, 0.2) is 30.3 Å². The van der Waals surface area contributed by atoms with E-state index in [-0.39, 0.29) is 4.83 Å². The molecule has 0 aromatic heterocycles. The molecule has 21 heavy (non-hydrogen) atoms. The first kappa shape index (κ1) is 16.5. The minimum Gasteiger partial charge on any atom is -0.495 e. The van der Waals surface area contributed by atoms with E-state index in [1.54, 1.807) is 14.2 Å². The van der Waals surface area contributed by atoms with Crippen LogP contribution in [0.4, 0.5) is 0 Å². The molecule has 5 heteroatoms. The summed E-state index contributed by atoms with van der Waals surface area (Å²) in [6, 6.07) is 9.68. The molecule has 0 fully saturated rings. The molecule has 0 aliphatic rings. The van der Waals surface area contributed by atoms with Gasteiger partial charge in [0, 0.05) is 10.6 Å². The van der Waals surface area contributed by atoms with Crippen LogP contribution in [0.25, 0.3) is 0 Å². The van der Waals surface area contributed by atoms with Crippen LogP contribution >= 0.6 is 39.1 Å². The summed E-state index contributed by atoms with van der Waals surface area (Å²) in [5, 5.41) is 1.15. The first-order chi connectivity index (χ1) is 9.99. The summed E-state index contributed by atoms with van der Waals surface area (Å²) in [4.78, 5) is -0.121. The van der Waals surface area contributed by atoms with Gasteiger partial charge in [-0.2, -0.15) is 0 Å². The van der Waals surface area contributed by atoms with E-state index in [2.05, 4.69) is 15.9 Å². The Kier molecular flexibility index (Phi) is 5.42. The summed E-state index contributed by atoms with van der Waals surface area (Å²) in [5.41, 5.74) is 2.97. The van der Waals surface area contributed by atoms with Crippen LogP contribution in [0.2, 0.25) is 10.0 Å². The van der Waals surface area contributed by atoms with Crippen molar-refractivity contribution in [3.63, 3.8) is 0 Å². The van der Waals surface area contributed by atoms with Crippen LogP contribution in [-0.4, -0.2) is 14.2 Å². The Hall–Kier alpha value is -0.900. The molecule has 0 saturated heterocycles. The van der Waals surface area contributed by atoms with Crippen LogP contribution in [0.3, 0.4) is 0 Å². The van der Waals surface area contributed by atoms with Gasteiger partial charge in [0.15, 0.2) is 0 Å². The monoisotopic (exact) mass is 388 g/mol. The van der Waals surface area contributed by atoms with E-state index in [1.165, 1.54) is 0 Å². The molecule has 1 unspecified atom stereocenters. The maximum atomic E-state index is 6.34. The van der Waals surface area contributed by atoms with Crippen molar-refractivity contribution in [2.75, 3.05) is 14.2 Å². The average Bonchev–Trinajstić information content (AvgIpc) is 2.46. The van der Waals surface area contributed by atoms with Gasteiger partial charge in [0.1, 0.15) is 16.5 Å². The fourth-order valence-electron chi connectivity index (χ4n) is 2.12. The Bertz CT molecular complexity index is 659. The molecule has 0 heterocycles. The molecule has 0 spiro atoms. The predicted octanol–water partition coefficient (Wildman–Crippen LogP) is 5.80. The van der Waals surface area contributed by atoms with Gasteiger partial charge in [0.2, 0.25) is 0 Å². The van der Waals surface area contributed by atoms with Gasteiger partial charge in [-0.05, 0) is 30.2 Å². The van der Waals surface area contributed by atoms with Gasteiger partial charge in [0.25, 0.3) is 0 Å². The molecule has 0 saturated carbocycles. The highest BCUT2D eigenvalue weighted by molar-refractivity contribution is 9.09. The third-order valence-electron chi connectivity index (χ3n) is 3.22. The lowest BCUT2D eigenvalue weighted by Crippen LogP contribution is -2.00. The molecule has 0 N–H and O–H groups in total. The standard InChI is InChI=1S/C16H15BrCl2O2/c1-9-4-5-10(12(18)8-9)14(17)11-6-7-13(20-2)15(19)16(11)21-3/h4-8,14H,1-3H3. The molecule has 0 aliphatic carbocycles. The number of methoxy groups -OCH3 is 2.